The Morgan fingerprint density at radius 3 is 2.73 bits per heavy atom. The number of hydrogen-bond donors (Lipinski definition) is 3. The molecular weight excluding hydrogens is 395 g/mol. The molecule has 6 nitrogen and oxygen atoms in total. The number of halogens is 3. The number of nitrogens with one attached hydrogen (secondary N) is 2. The minimum absolute atomic E-state index is 0.0946. The highest BCUT2D eigenvalue weighted by Gasteiger charge is 2.20. The Morgan fingerprint density at radius 1 is 1.10 bits per heavy atom. The van der Waals surface area contributed by atoms with Crippen LogP contribution in [0.15, 0.2) is 47.5 Å². The van der Waals surface area contributed by atoms with E-state index in [1.807, 2.05) is 0 Å². The second kappa shape index (κ2) is 6.58. The van der Waals surface area contributed by atoms with Crippen LogP contribution in [0.25, 0.3) is 43.8 Å². The van der Waals surface area contributed by atoms with E-state index in [4.69, 9.17) is 5.73 Å². The monoisotopic (exact) mass is 409 g/mol. The molecule has 9 heteroatoms. The molecule has 0 unspecified atom stereocenters. The lowest BCUT2D eigenvalue weighted by molar-refractivity contribution is 0.149. The van der Waals surface area contributed by atoms with Gasteiger partial charge in [0, 0.05) is 34.3 Å². The first kappa shape index (κ1) is 18.2. The first-order chi connectivity index (χ1) is 14.5. The highest BCUT2D eigenvalue weighted by atomic mass is 19.3. The van der Waals surface area contributed by atoms with Crippen molar-refractivity contribution >= 4 is 38.4 Å². The number of aromatic amines is 2. The zero-order valence-corrected chi connectivity index (χ0v) is 15.3. The Bertz CT molecular complexity index is 1510. The molecule has 0 fully saturated rings. The van der Waals surface area contributed by atoms with E-state index in [1.165, 1.54) is 24.5 Å². The number of rotatable bonds is 3. The zero-order valence-electron chi connectivity index (χ0n) is 15.3. The summed E-state index contributed by atoms with van der Waals surface area (Å²) >= 11 is 0. The van der Waals surface area contributed by atoms with E-state index in [-0.39, 0.29) is 11.2 Å². The van der Waals surface area contributed by atoms with Crippen molar-refractivity contribution in [1.29, 1.82) is 0 Å². The van der Waals surface area contributed by atoms with Gasteiger partial charge in [0.15, 0.2) is 0 Å². The largest absolute Gasteiger partial charge is 0.394 e. The lowest BCUT2D eigenvalue weighted by Gasteiger charge is -2.15. The van der Waals surface area contributed by atoms with E-state index in [2.05, 4.69) is 20.2 Å². The quantitative estimate of drug-likeness (QED) is 0.390. The third-order valence-corrected chi connectivity index (χ3v) is 5.20. The van der Waals surface area contributed by atoms with Gasteiger partial charge in [0.2, 0.25) is 6.43 Å². The van der Waals surface area contributed by atoms with Crippen LogP contribution in [0, 0.1) is 5.82 Å². The number of H-pyrrole nitrogens is 2. The number of pyridine rings is 2. The molecule has 0 bridgehead atoms. The molecule has 3 aromatic heterocycles. The average Bonchev–Trinajstić information content (AvgIpc) is 3.22. The molecule has 2 aromatic carbocycles. The van der Waals surface area contributed by atoms with E-state index in [0.717, 1.165) is 0 Å². The molecule has 3 heterocycles. The maximum atomic E-state index is 14.2. The van der Waals surface area contributed by atoms with Gasteiger partial charge in [-0.3, -0.25) is 14.9 Å². The summed E-state index contributed by atoms with van der Waals surface area (Å²) in [4.78, 5) is 19.6. The molecule has 4 N–H and O–H groups in total. The predicted molar refractivity (Wildman–Crippen MR) is 109 cm³/mol. The van der Waals surface area contributed by atoms with E-state index in [0.29, 0.717) is 43.9 Å². The molecule has 30 heavy (non-hydrogen) atoms. The standard InChI is InChI=1S/C21H14F3N5O/c22-14-4-3-10(13-8-27-29-20(13)14)16-12-6-9(7-15(23)24)18-11(2-1-5-26-18)19(12)28-21(30)17(16)25/h1-6,8,15H,7,25H2,(H,27,29)(H,28,30). The summed E-state index contributed by atoms with van der Waals surface area (Å²) in [5, 5.41) is 7.89. The van der Waals surface area contributed by atoms with Crippen LogP contribution in [0.4, 0.5) is 18.9 Å². The van der Waals surface area contributed by atoms with E-state index < -0.39 is 24.2 Å². The number of fused-ring (bicyclic) bond motifs is 4. The number of aromatic nitrogens is 4. The maximum absolute atomic E-state index is 14.2. The van der Waals surface area contributed by atoms with Crippen LogP contribution in [0.3, 0.4) is 0 Å². The van der Waals surface area contributed by atoms with Gasteiger partial charge in [-0.25, -0.2) is 13.2 Å². The SMILES string of the molecule is Nc1c(-c2ccc(F)c3[nH]ncc23)c2cc(CC(F)F)c3ncccc3c2[nH]c1=O. The first-order valence-corrected chi connectivity index (χ1v) is 9.08. The number of benzene rings is 2. The summed E-state index contributed by atoms with van der Waals surface area (Å²) in [6.07, 6.45) is -0.147. The number of anilines is 1. The summed E-state index contributed by atoms with van der Waals surface area (Å²) in [6, 6.07) is 7.67. The molecular formula is C21H14F3N5O. The van der Waals surface area contributed by atoms with Gasteiger partial charge >= 0.3 is 0 Å². The Hall–Kier alpha value is -3.88. The van der Waals surface area contributed by atoms with Gasteiger partial charge in [-0.05, 0) is 35.4 Å². The third-order valence-electron chi connectivity index (χ3n) is 5.20. The number of nitrogens with zero attached hydrogens (tertiary/aromatic N) is 2. The van der Waals surface area contributed by atoms with Crippen molar-refractivity contribution in [3.05, 3.63) is 64.5 Å². The van der Waals surface area contributed by atoms with E-state index in [9.17, 15) is 18.0 Å². The summed E-state index contributed by atoms with van der Waals surface area (Å²) in [5.74, 6) is -0.507. The van der Waals surface area contributed by atoms with Crippen LogP contribution in [0.1, 0.15) is 5.56 Å². The van der Waals surface area contributed by atoms with Gasteiger partial charge in [0.25, 0.3) is 5.56 Å². The number of hydrogen-bond acceptors (Lipinski definition) is 4. The molecule has 0 aliphatic heterocycles. The Morgan fingerprint density at radius 2 is 1.93 bits per heavy atom. The average molecular weight is 409 g/mol. The molecule has 0 saturated carbocycles. The zero-order chi connectivity index (χ0) is 21.0. The molecule has 0 amide bonds. The number of nitrogen functional groups attached to an aromatic ring is 1. The van der Waals surface area contributed by atoms with E-state index >= 15 is 0 Å². The van der Waals surface area contributed by atoms with Gasteiger partial charge in [-0.1, -0.05) is 6.07 Å². The number of nitrogens with two attached hydrogens (primary N) is 1. The highest BCUT2D eigenvalue weighted by Crippen LogP contribution is 2.39. The lowest BCUT2D eigenvalue weighted by atomic mass is 9.93. The van der Waals surface area contributed by atoms with E-state index in [1.54, 1.807) is 18.2 Å². The van der Waals surface area contributed by atoms with Gasteiger partial charge in [0.1, 0.15) is 17.0 Å². The molecule has 0 spiro atoms. The Balaban J connectivity index is 1.98. The summed E-state index contributed by atoms with van der Waals surface area (Å²) in [6.45, 7) is 0. The molecule has 150 valence electrons. The minimum atomic E-state index is -2.58. The van der Waals surface area contributed by atoms with Crippen LogP contribution in [-0.4, -0.2) is 26.6 Å². The van der Waals surface area contributed by atoms with Gasteiger partial charge in [-0.15, -0.1) is 0 Å². The van der Waals surface area contributed by atoms with Crippen LogP contribution in [0.5, 0.6) is 0 Å². The summed E-state index contributed by atoms with van der Waals surface area (Å²) in [5.41, 5.74) is 7.61. The molecule has 5 aromatic rings. The number of alkyl halides is 2. The topological polar surface area (TPSA) is 100 Å². The highest BCUT2D eigenvalue weighted by molar-refractivity contribution is 6.14. The van der Waals surface area contributed by atoms with Crippen LogP contribution >= 0.6 is 0 Å². The smallest absolute Gasteiger partial charge is 0.272 e. The Kier molecular flexibility index (Phi) is 3.99. The Labute approximate surface area is 166 Å². The second-order valence-electron chi connectivity index (χ2n) is 6.95. The fraction of sp³-hybridized carbons (Fsp3) is 0.0952. The molecule has 0 saturated heterocycles. The normalized spacial score (nSPS) is 11.9. The molecule has 5 rings (SSSR count). The first-order valence-electron chi connectivity index (χ1n) is 9.08. The van der Waals surface area contributed by atoms with Crippen LogP contribution in [0.2, 0.25) is 0 Å². The van der Waals surface area contributed by atoms with Crippen molar-refractivity contribution in [3.8, 4) is 11.1 Å². The van der Waals surface area contributed by atoms with Crippen molar-refractivity contribution in [2.24, 2.45) is 0 Å². The predicted octanol–water partition coefficient (Wildman–Crippen LogP) is 4.15. The fourth-order valence-corrected chi connectivity index (χ4v) is 3.93. The van der Waals surface area contributed by atoms with Crippen molar-refractivity contribution in [2.75, 3.05) is 5.73 Å². The van der Waals surface area contributed by atoms with Crippen molar-refractivity contribution in [3.63, 3.8) is 0 Å². The minimum Gasteiger partial charge on any atom is -0.394 e. The molecule has 0 radical (unpaired) electrons. The summed E-state index contributed by atoms with van der Waals surface area (Å²) in [7, 11) is 0. The molecule has 0 atom stereocenters. The van der Waals surface area contributed by atoms with Crippen molar-refractivity contribution in [1.82, 2.24) is 20.2 Å². The molecule has 0 aliphatic rings. The van der Waals surface area contributed by atoms with Crippen LogP contribution in [-0.2, 0) is 6.42 Å². The van der Waals surface area contributed by atoms with Crippen molar-refractivity contribution in [2.45, 2.75) is 12.8 Å². The van der Waals surface area contributed by atoms with Gasteiger partial charge in [-0.2, -0.15) is 5.10 Å². The third kappa shape index (κ3) is 2.62. The summed E-state index contributed by atoms with van der Waals surface area (Å²) < 4.78 is 40.7. The van der Waals surface area contributed by atoms with Crippen molar-refractivity contribution < 1.29 is 13.2 Å². The lowest BCUT2D eigenvalue weighted by Crippen LogP contribution is -2.14. The second-order valence-corrected chi connectivity index (χ2v) is 6.95. The van der Waals surface area contributed by atoms with Gasteiger partial charge in [0.05, 0.1) is 17.2 Å². The fourth-order valence-electron chi connectivity index (χ4n) is 3.93. The van der Waals surface area contributed by atoms with Crippen LogP contribution < -0.4 is 11.3 Å². The van der Waals surface area contributed by atoms with Gasteiger partial charge < -0.3 is 10.7 Å². The maximum Gasteiger partial charge on any atom is 0.272 e. The molecule has 0 aliphatic carbocycles.